The van der Waals surface area contributed by atoms with Crippen LogP contribution >= 0.6 is 0 Å². The van der Waals surface area contributed by atoms with Gasteiger partial charge in [-0.25, -0.2) is 0 Å². The van der Waals surface area contributed by atoms with E-state index in [9.17, 15) is 0 Å². The van der Waals surface area contributed by atoms with Crippen molar-refractivity contribution in [3.8, 4) is 0 Å². The van der Waals surface area contributed by atoms with Gasteiger partial charge < -0.3 is 0 Å². The fourth-order valence-electron chi connectivity index (χ4n) is 2.12. The molecule has 0 bridgehead atoms. The molecule has 92 valence electrons. The SMILES string of the molecule is C[O][Zr]([O]C)([O]C)[C]1=[C]([Ge]([CH3])([CH3])[CH3])C=CC1. The van der Waals surface area contributed by atoms with Gasteiger partial charge in [-0.05, 0) is 0 Å². The fourth-order valence-corrected chi connectivity index (χ4v) is 17.2. The normalized spacial score (nSPS) is 17.4. The molecule has 0 atom stereocenters. The second-order valence-electron chi connectivity index (χ2n) is 4.92. The van der Waals surface area contributed by atoms with Gasteiger partial charge in [0.15, 0.2) is 0 Å². The van der Waals surface area contributed by atoms with Gasteiger partial charge in [-0.1, -0.05) is 0 Å². The summed E-state index contributed by atoms with van der Waals surface area (Å²) in [4.78, 5) is 0. The summed E-state index contributed by atoms with van der Waals surface area (Å²) in [7, 11) is 5.13. The molecule has 1 aliphatic rings. The predicted molar refractivity (Wildman–Crippen MR) is 65.2 cm³/mol. The van der Waals surface area contributed by atoms with Crippen LogP contribution in [0.15, 0.2) is 19.8 Å². The van der Waals surface area contributed by atoms with Crippen LogP contribution in [-0.4, -0.2) is 34.6 Å². The minimum absolute atomic E-state index is 0.948. The van der Waals surface area contributed by atoms with Gasteiger partial charge >= 0.3 is 108 Å². The van der Waals surface area contributed by atoms with Crippen molar-refractivity contribution < 1.29 is 30.0 Å². The summed E-state index contributed by atoms with van der Waals surface area (Å²) in [6, 6.07) is 0. The van der Waals surface area contributed by atoms with Crippen molar-refractivity contribution in [2.24, 2.45) is 0 Å². The molecule has 0 fully saturated rings. The predicted octanol–water partition coefficient (Wildman–Crippen LogP) is 2.92. The molecule has 5 heteroatoms. The first-order valence-corrected chi connectivity index (χ1v) is 17.1. The maximum atomic E-state index is 5.64. The van der Waals surface area contributed by atoms with Gasteiger partial charge in [0.1, 0.15) is 0 Å². The third-order valence-electron chi connectivity index (χ3n) is 2.92. The first kappa shape index (κ1) is 14.8. The van der Waals surface area contributed by atoms with Crippen LogP contribution in [0.2, 0.25) is 17.3 Å². The summed E-state index contributed by atoms with van der Waals surface area (Å²) in [6.07, 6.45) is 5.42. The molecule has 1 rings (SSSR count). The van der Waals surface area contributed by atoms with Gasteiger partial charge in [-0.3, -0.25) is 0 Å². The molecular formula is C11H22GeO3Zr. The molecule has 0 aromatic rings. The van der Waals surface area contributed by atoms with Crippen LogP contribution in [0, 0.1) is 0 Å². The van der Waals surface area contributed by atoms with Gasteiger partial charge in [0, 0.05) is 0 Å². The van der Waals surface area contributed by atoms with Crippen LogP contribution in [0.25, 0.3) is 0 Å². The molecule has 0 aromatic carbocycles. The molecule has 16 heavy (non-hydrogen) atoms. The second-order valence-corrected chi connectivity index (χ2v) is 22.7. The van der Waals surface area contributed by atoms with Crippen LogP contribution in [0.3, 0.4) is 0 Å². The standard InChI is InChI=1S/C8H13Ge.3CH3O.Zr/c1-9(2,3)8-6-4-5-7-8;3*1-2;/h4,6H,5H2,1-3H3;3*1H3;/q;3*-1;+3. The molecular weight excluding hydrogens is 344 g/mol. The van der Waals surface area contributed by atoms with E-state index in [2.05, 4.69) is 29.4 Å². The van der Waals surface area contributed by atoms with Crippen molar-refractivity contribution in [3.63, 3.8) is 0 Å². The molecule has 0 aliphatic heterocycles. The van der Waals surface area contributed by atoms with Gasteiger partial charge in [0.05, 0.1) is 0 Å². The third kappa shape index (κ3) is 2.78. The van der Waals surface area contributed by atoms with Gasteiger partial charge in [-0.2, -0.15) is 0 Å². The van der Waals surface area contributed by atoms with Crippen LogP contribution in [0.5, 0.6) is 0 Å². The Morgan fingerprint density at radius 1 is 1.06 bits per heavy atom. The summed E-state index contributed by atoms with van der Waals surface area (Å²) in [5, 5.41) is 0. The molecule has 0 heterocycles. The Bertz CT molecular complexity index is 305. The first-order chi connectivity index (χ1) is 7.41. The Labute approximate surface area is 107 Å². The Kier molecular flexibility index (Phi) is 5.21. The Balaban J connectivity index is 3.20. The van der Waals surface area contributed by atoms with E-state index >= 15 is 0 Å². The zero-order valence-corrected chi connectivity index (χ0v) is 15.6. The topological polar surface area (TPSA) is 27.7 Å². The third-order valence-corrected chi connectivity index (χ3v) is 15.5. The Hall–Kier alpha value is 0.786. The van der Waals surface area contributed by atoms with Crippen molar-refractivity contribution in [1.82, 2.24) is 0 Å². The number of rotatable bonds is 5. The summed E-state index contributed by atoms with van der Waals surface area (Å²) in [6.45, 7) is 0. The molecule has 3 nitrogen and oxygen atoms in total. The summed E-state index contributed by atoms with van der Waals surface area (Å²) in [5.74, 6) is 7.17. The van der Waals surface area contributed by atoms with Crippen molar-refractivity contribution >= 4 is 13.3 Å². The Morgan fingerprint density at radius 2 is 1.56 bits per heavy atom. The van der Waals surface area contributed by atoms with E-state index in [0.29, 0.717) is 0 Å². The fraction of sp³-hybridized carbons (Fsp3) is 0.636. The zero-order chi connectivity index (χ0) is 12.4. The van der Waals surface area contributed by atoms with E-state index in [1.54, 1.807) is 21.3 Å². The average Bonchev–Trinajstić information content (AvgIpc) is 2.70. The van der Waals surface area contributed by atoms with Gasteiger partial charge in [0.2, 0.25) is 0 Å². The van der Waals surface area contributed by atoms with E-state index in [-0.39, 0.29) is 0 Å². The van der Waals surface area contributed by atoms with E-state index in [1.807, 2.05) is 0 Å². The Morgan fingerprint density at radius 3 is 1.94 bits per heavy atom. The van der Waals surface area contributed by atoms with Crippen LogP contribution < -0.4 is 0 Å². The minimum atomic E-state index is -3.41. The number of hydrogen-bond acceptors (Lipinski definition) is 3. The van der Waals surface area contributed by atoms with E-state index in [4.69, 9.17) is 8.44 Å². The quantitative estimate of drug-likeness (QED) is 0.701. The van der Waals surface area contributed by atoms with Gasteiger partial charge in [-0.15, -0.1) is 0 Å². The molecule has 0 aromatic heterocycles. The molecule has 1 aliphatic carbocycles. The molecule has 0 spiro atoms. The molecule has 0 radical (unpaired) electrons. The summed E-state index contributed by atoms with van der Waals surface area (Å²) < 4.78 is 19.8. The number of allylic oxidation sites excluding steroid dienone is 4. The van der Waals surface area contributed by atoms with Crippen molar-refractivity contribution in [2.45, 2.75) is 23.7 Å². The van der Waals surface area contributed by atoms with Crippen molar-refractivity contribution in [1.29, 1.82) is 0 Å². The second kappa shape index (κ2) is 5.62. The van der Waals surface area contributed by atoms with E-state index in [0.717, 1.165) is 6.42 Å². The van der Waals surface area contributed by atoms with Crippen molar-refractivity contribution in [3.05, 3.63) is 19.8 Å². The average molecular weight is 366 g/mol. The van der Waals surface area contributed by atoms with Crippen molar-refractivity contribution in [2.75, 3.05) is 21.3 Å². The summed E-state index contributed by atoms with van der Waals surface area (Å²) >= 11 is -5.26. The zero-order valence-electron chi connectivity index (χ0n) is 11.1. The maximum absolute atomic E-state index is 5.64. The van der Waals surface area contributed by atoms with E-state index < -0.39 is 34.9 Å². The summed E-state index contributed by atoms with van der Waals surface area (Å²) in [5.41, 5.74) is 0. The van der Waals surface area contributed by atoms with Gasteiger partial charge in [0.25, 0.3) is 0 Å². The molecule has 0 unspecified atom stereocenters. The van der Waals surface area contributed by atoms with E-state index in [1.165, 1.54) is 7.69 Å². The number of hydrogen-bond donors (Lipinski definition) is 0. The van der Waals surface area contributed by atoms with Crippen LogP contribution in [0.1, 0.15) is 6.42 Å². The molecule has 0 N–H and O–H groups in total. The monoisotopic (exact) mass is 366 g/mol. The molecule has 0 saturated heterocycles. The van der Waals surface area contributed by atoms with Crippen LogP contribution in [-0.2, 0) is 30.0 Å². The molecule has 0 amide bonds. The van der Waals surface area contributed by atoms with Crippen LogP contribution in [0.4, 0.5) is 0 Å². The first-order valence-electron chi connectivity index (χ1n) is 5.47. The molecule has 0 saturated carbocycles.